The third kappa shape index (κ3) is 3.84. The van der Waals surface area contributed by atoms with Gasteiger partial charge in [0.25, 0.3) is 0 Å². The second-order valence-corrected chi connectivity index (χ2v) is 8.44. The fourth-order valence-electron chi connectivity index (χ4n) is 4.09. The van der Waals surface area contributed by atoms with Crippen molar-refractivity contribution < 1.29 is 4.74 Å². The number of nitrogens with zero attached hydrogens (tertiary/aromatic N) is 3. The van der Waals surface area contributed by atoms with Gasteiger partial charge in [-0.15, -0.1) is 11.3 Å². The fraction of sp³-hybridized carbons (Fsp3) is 0.111. The van der Waals surface area contributed by atoms with E-state index in [2.05, 4.69) is 64.3 Å². The summed E-state index contributed by atoms with van der Waals surface area (Å²) in [5, 5.41) is 18.1. The predicted octanol–water partition coefficient (Wildman–Crippen LogP) is 6.92. The summed E-state index contributed by atoms with van der Waals surface area (Å²) < 4.78 is 7.63. The first-order chi connectivity index (χ1) is 16.2. The van der Waals surface area contributed by atoms with E-state index in [0.29, 0.717) is 10.6 Å². The molecule has 0 saturated heterocycles. The van der Waals surface area contributed by atoms with Gasteiger partial charge in [0, 0.05) is 51.2 Å². The van der Waals surface area contributed by atoms with Gasteiger partial charge in [0.1, 0.15) is 22.4 Å². The molecule has 0 aliphatic heterocycles. The van der Waals surface area contributed by atoms with Gasteiger partial charge in [0.15, 0.2) is 0 Å². The zero-order chi connectivity index (χ0) is 22.8. The Bertz CT molecular complexity index is 1540. The lowest BCUT2D eigenvalue weighted by Crippen LogP contribution is -1.94. The molecule has 5 aromatic rings. The smallest absolute Gasteiger partial charge is 0.136 e. The summed E-state index contributed by atoms with van der Waals surface area (Å²) in [5.41, 5.74) is 5.64. The van der Waals surface area contributed by atoms with Crippen LogP contribution in [0, 0.1) is 11.3 Å². The number of nitrogens with one attached hydrogen (secondary N) is 1. The first-order valence-corrected chi connectivity index (χ1v) is 11.6. The van der Waals surface area contributed by atoms with Gasteiger partial charge in [0.05, 0.1) is 12.8 Å². The first kappa shape index (κ1) is 20.8. The molecule has 1 N–H and O–H groups in total. The van der Waals surface area contributed by atoms with Crippen molar-refractivity contribution in [1.29, 1.82) is 5.26 Å². The number of aryl methyl sites for hydroxylation is 1. The van der Waals surface area contributed by atoms with Gasteiger partial charge in [-0.1, -0.05) is 30.3 Å². The SMILES string of the molecule is CCn1c2ccccc2c2cc(N/C=C(\C#N)c3nc(-c4cccc(OC)c4)cs3)ccc21. The maximum Gasteiger partial charge on any atom is 0.136 e. The number of benzene rings is 3. The van der Waals surface area contributed by atoms with E-state index in [0.717, 1.165) is 29.2 Å². The Labute approximate surface area is 196 Å². The van der Waals surface area contributed by atoms with Crippen LogP contribution in [0.2, 0.25) is 0 Å². The molecule has 0 bridgehead atoms. The highest BCUT2D eigenvalue weighted by atomic mass is 32.1. The molecule has 5 nitrogen and oxygen atoms in total. The Hall–Kier alpha value is -4.08. The van der Waals surface area contributed by atoms with E-state index >= 15 is 0 Å². The topological polar surface area (TPSA) is 62.9 Å². The van der Waals surface area contributed by atoms with Crippen LogP contribution in [0.1, 0.15) is 11.9 Å². The van der Waals surface area contributed by atoms with Crippen molar-refractivity contribution in [1.82, 2.24) is 9.55 Å². The van der Waals surface area contributed by atoms with Crippen LogP contribution in [-0.4, -0.2) is 16.7 Å². The van der Waals surface area contributed by atoms with Crippen LogP contribution >= 0.6 is 11.3 Å². The molecule has 2 heterocycles. The zero-order valence-corrected chi connectivity index (χ0v) is 19.2. The summed E-state index contributed by atoms with van der Waals surface area (Å²) in [7, 11) is 1.64. The lowest BCUT2D eigenvalue weighted by Gasteiger charge is -2.05. The Morgan fingerprint density at radius 3 is 2.76 bits per heavy atom. The second kappa shape index (κ2) is 8.81. The van der Waals surface area contributed by atoms with E-state index in [1.54, 1.807) is 13.3 Å². The highest BCUT2D eigenvalue weighted by molar-refractivity contribution is 7.11. The molecule has 6 heteroatoms. The molecular weight excluding hydrogens is 428 g/mol. The summed E-state index contributed by atoms with van der Waals surface area (Å²) in [5.74, 6) is 0.777. The number of rotatable bonds is 6. The van der Waals surface area contributed by atoms with Gasteiger partial charge in [-0.05, 0) is 43.3 Å². The number of fused-ring (bicyclic) bond motifs is 3. The van der Waals surface area contributed by atoms with Crippen molar-refractivity contribution in [3.63, 3.8) is 0 Å². The minimum absolute atomic E-state index is 0.491. The molecule has 0 amide bonds. The Kier molecular flexibility index (Phi) is 5.55. The molecule has 33 heavy (non-hydrogen) atoms. The maximum atomic E-state index is 9.75. The molecule has 0 fully saturated rings. The van der Waals surface area contributed by atoms with Crippen LogP contribution in [0.25, 0.3) is 38.6 Å². The molecule has 162 valence electrons. The minimum atomic E-state index is 0.491. The number of allylic oxidation sites excluding steroid dienone is 1. The summed E-state index contributed by atoms with van der Waals surface area (Å²) in [6, 6.07) is 24.8. The lowest BCUT2D eigenvalue weighted by molar-refractivity contribution is 0.415. The van der Waals surface area contributed by atoms with E-state index in [1.165, 1.54) is 33.1 Å². The van der Waals surface area contributed by atoms with E-state index in [-0.39, 0.29) is 0 Å². The molecule has 0 aliphatic rings. The monoisotopic (exact) mass is 450 g/mol. The molecule has 0 saturated carbocycles. The number of ether oxygens (including phenoxy) is 1. The standard InChI is InChI=1S/C27H22N4OS/c1-3-31-25-10-5-4-9-22(25)23-14-20(11-12-26(23)31)29-16-19(15-28)27-30-24(17-33-27)18-7-6-8-21(13-18)32-2/h4-14,16-17,29H,3H2,1-2H3/b19-16+. The lowest BCUT2D eigenvalue weighted by atomic mass is 10.1. The summed E-state index contributed by atoms with van der Waals surface area (Å²) in [6.07, 6.45) is 1.73. The maximum absolute atomic E-state index is 9.75. The van der Waals surface area contributed by atoms with Crippen LogP contribution < -0.4 is 10.1 Å². The molecule has 2 aromatic heterocycles. The van der Waals surface area contributed by atoms with E-state index < -0.39 is 0 Å². The van der Waals surface area contributed by atoms with Crippen LogP contribution in [0.3, 0.4) is 0 Å². The zero-order valence-electron chi connectivity index (χ0n) is 18.4. The number of para-hydroxylation sites is 1. The Morgan fingerprint density at radius 1 is 1.09 bits per heavy atom. The van der Waals surface area contributed by atoms with Gasteiger partial charge in [0.2, 0.25) is 0 Å². The number of anilines is 1. The van der Waals surface area contributed by atoms with Gasteiger partial charge >= 0.3 is 0 Å². The quantitative estimate of drug-likeness (QED) is 0.285. The molecule has 0 spiro atoms. The summed E-state index contributed by atoms with van der Waals surface area (Å²) in [6.45, 7) is 3.07. The summed E-state index contributed by atoms with van der Waals surface area (Å²) in [4.78, 5) is 4.67. The van der Waals surface area contributed by atoms with Gasteiger partial charge < -0.3 is 14.6 Å². The molecule has 5 rings (SSSR count). The van der Waals surface area contributed by atoms with Crippen LogP contribution in [0.5, 0.6) is 5.75 Å². The average Bonchev–Trinajstić information content (AvgIpc) is 3.47. The third-order valence-corrected chi connectivity index (χ3v) is 6.57. The highest BCUT2D eigenvalue weighted by Gasteiger charge is 2.11. The van der Waals surface area contributed by atoms with E-state index in [4.69, 9.17) is 4.74 Å². The molecular formula is C27H22N4OS. The van der Waals surface area contributed by atoms with Gasteiger partial charge in [-0.2, -0.15) is 5.26 Å². The number of aromatic nitrogens is 2. The number of hydrogen-bond donors (Lipinski definition) is 1. The van der Waals surface area contributed by atoms with Crippen LogP contribution in [-0.2, 0) is 6.54 Å². The van der Waals surface area contributed by atoms with E-state index in [1.807, 2.05) is 35.7 Å². The minimum Gasteiger partial charge on any atom is -0.497 e. The number of thiazole rings is 1. The first-order valence-electron chi connectivity index (χ1n) is 10.7. The highest BCUT2D eigenvalue weighted by Crippen LogP contribution is 2.32. The van der Waals surface area contributed by atoms with Crippen molar-refractivity contribution in [3.8, 4) is 23.1 Å². The fourth-order valence-corrected chi connectivity index (χ4v) is 4.89. The molecule has 0 atom stereocenters. The number of methoxy groups -OCH3 is 1. The summed E-state index contributed by atoms with van der Waals surface area (Å²) >= 11 is 1.45. The van der Waals surface area contributed by atoms with Gasteiger partial charge in [-0.25, -0.2) is 4.98 Å². The largest absolute Gasteiger partial charge is 0.497 e. The van der Waals surface area contributed by atoms with Crippen molar-refractivity contribution in [2.24, 2.45) is 0 Å². The Morgan fingerprint density at radius 2 is 1.94 bits per heavy atom. The van der Waals surface area contributed by atoms with Crippen molar-refractivity contribution >= 4 is 44.4 Å². The average molecular weight is 451 g/mol. The van der Waals surface area contributed by atoms with Gasteiger partial charge in [-0.3, -0.25) is 0 Å². The Balaban J connectivity index is 1.45. The van der Waals surface area contributed by atoms with Crippen LogP contribution in [0.4, 0.5) is 5.69 Å². The molecule has 0 unspecified atom stereocenters. The molecule has 0 radical (unpaired) electrons. The number of hydrogen-bond acceptors (Lipinski definition) is 5. The number of nitriles is 1. The molecule has 0 aliphatic carbocycles. The van der Waals surface area contributed by atoms with Crippen molar-refractivity contribution in [2.75, 3.05) is 12.4 Å². The van der Waals surface area contributed by atoms with Crippen LogP contribution in [0.15, 0.2) is 78.3 Å². The normalized spacial score (nSPS) is 11.6. The second-order valence-electron chi connectivity index (χ2n) is 7.58. The van der Waals surface area contributed by atoms with Crippen molar-refractivity contribution in [3.05, 3.63) is 83.3 Å². The van der Waals surface area contributed by atoms with E-state index in [9.17, 15) is 5.26 Å². The predicted molar refractivity (Wildman–Crippen MR) is 136 cm³/mol. The third-order valence-electron chi connectivity index (χ3n) is 5.69. The van der Waals surface area contributed by atoms with Crippen molar-refractivity contribution in [2.45, 2.75) is 13.5 Å². The molecule has 3 aromatic carbocycles.